The molecule has 172 valence electrons. The van der Waals surface area contributed by atoms with E-state index in [-0.39, 0.29) is 0 Å². The molecule has 3 aromatic rings. The van der Waals surface area contributed by atoms with Crippen LogP contribution < -0.4 is 9.47 Å². The molecule has 0 N–H and O–H groups in total. The van der Waals surface area contributed by atoms with Gasteiger partial charge in [0, 0.05) is 25.7 Å². The Bertz CT molecular complexity index is 1020. The Kier molecular flexibility index (Phi) is 6.65. The van der Waals surface area contributed by atoms with E-state index in [0.29, 0.717) is 6.10 Å². The fourth-order valence-electron chi connectivity index (χ4n) is 5.28. The van der Waals surface area contributed by atoms with E-state index in [0.717, 1.165) is 48.8 Å². The van der Waals surface area contributed by atoms with E-state index < -0.39 is 0 Å². The van der Waals surface area contributed by atoms with Crippen LogP contribution in [0.1, 0.15) is 30.9 Å². The van der Waals surface area contributed by atoms with Crippen LogP contribution in [0.2, 0.25) is 0 Å². The fraction of sp³-hybridized carbons (Fsp3) is 0.379. The van der Waals surface area contributed by atoms with Crippen molar-refractivity contribution in [3.8, 4) is 17.2 Å². The molecule has 0 saturated carbocycles. The molecule has 2 saturated heterocycles. The van der Waals surface area contributed by atoms with Crippen molar-refractivity contribution in [3.63, 3.8) is 0 Å². The van der Waals surface area contributed by atoms with E-state index >= 15 is 0 Å². The first kappa shape index (κ1) is 22.0. The predicted octanol–water partition coefficient (Wildman–Crippen LogP) is 5.97. The highest BCUT2D eigenvalue weighted by Gasteiger charge is 2.39. The van der Waals surface area contributed by atoms with Gasteiger partial charge in [-0.3, -0.25) is 9.80 Å². The molecule has 0 aromatic heterocycles. The van der Waals surface area contributed by atoms with Gasteiger partial charge in [0.05, 0.1) is 0 Å². The number of hydrogen-bond donors (Lipinski definition) is 0. The highest BCUT2D eigenvalue weighted by Crippen LogP contribution is 2.34. The number of rotatable bonds is 8. The van der Waals surface area contributed by atoms with Crippen LogP contribution in [0.3, 0.4) is 0 Å². The SMILES string of the molecule is CC1C2CCN1CC(Oc1cccc(CN(C)Cc3ccc(Oc4ccccc4)cc3)c1)C2. The van der Waals surface area contributed by atoms with Crippen molar-refractivity contribution in [1.29, 1.82) is 0 Å². The second-order valence-electron chi connectivity index (χ2n) is 9.64. The molecule has 0 spiro atoms. The van der Waals surface area contributed by atoms with Crippen LogP contribution in [-0.2, 0) is 13.1 Å². The molecular formula is C29H34N2O2. The normalized spacial score (nSPS) is 24.1. The van der Waals surface area contributed by atoms with Crippen molar-refractivity contribution in [2.45, 2.75) is 45.0 Å². The monoisotopic (exact) mass is 442 g/mol. The van der Waals surface area contributed by atoms with E-state index in [1.165, 1.54) is 30.5 Å². The number of fused-ring (bicyclic) bond motifs is 2. The van der Waals surface area contributed by atoms with Gasteiger partial charge >= 0.3 is 0 Å². The summed E-state index contributed by atoms with van der Waals surface area (Å²) in [6, 6.07) is 27.6. The standard InChI is InChI=1S/C29H34N2O2/c1-22-25-15-16-31(22)21-29(18-25)33-28-10-6-7-24(17-28)20-30(2)19-23-11-13-27(14-12-23)32-26-8-4-3-5-9-26/h3-14,17,22,25,29H,15-16,18-21H2,1-2H3. The summed E-state index contributed by atoms with van der Waals surface area (Å²) < 4.78 is 12.3. The zero-order valence-electron chi connectivity index (χ0n) is 19.7. The molecule has 4 unspecified atom stereocenters. The highest BCUT2D eigenvalue weighted by atomic mass is 16.5. The topological polar surface area (TPSA) is 24.9 Å². The molecule has 3 aromatic carbocycles. The lowest BCUT2D eigenvalue weighted by Gasteiger charge is -2.35. The third-order valence-electron chi connectivity index (χ3n) is 7.06. The first-order valence-corrected chi connectivity index (χ1v) is 12.1. The third-order valence-corrected chi connectivity index (χ3v) is 7.06. The molecule has 4 heteroatoms. The van der Waals surface area contributed by atoms with Crippen LogP contribution in [0.5, 0.6) is 17.2 Å². The van der Waals surface area contributed by atoms with Gasteiger partial charge in [-0.2, -0.15) is 0 Å². The molecule has 4 atom stereocenters. The van der Waals surface area contributed by atoms with E-state index in [2.05, 4.69) is 60.2 Å². The zero-order chi connectivity index (χ0) is 22.6. The summed E-state index contributed by atoms with van der Waals surface area (Å²) in [5, 5.41) is 0. The zero-order valence-corrected chi connectivity index (χ0v) is 19.7. The van der Waals surface area contributed by atoms with Crippen molar-refractivity contribution >= 4 is 0 Å². The first-order chi connectivity index (χ1) is 16.1. The van der Waals surface area contributed by atoms with Gasteiger partial charge in [-0.25, -0.2) is 0 Å². The summed E-state index contributed by atoms with van der Waals surface area (Å²) in [4.78, 5) is 4.92. The van der Waals surface area contributed by atoms with Crippen molar-refractivity contribution in [2.24, 2.45) is 5.92 Å². The lowest BCUT2D eigenvalue weighted by atomic mass is 9.92. The van der Waals surface area contributed by atoms with Crippen LogP contribution in [-0.4, -0.2) is 42.1 Å². The summed E-state index contributed by atoms with van der Waals surface area (Å²) in [6.45, 7) is 6.43. The number of ether oxygens (including phenoxy) is 2. The molecule has 5 rings (SSSR count). The Morgan fingerprint density at radius 1 is 0.848 bits per heavy atom. The van der Waals surface area contributed by atoms with Gasteiger partial charge in [-0.15, -0.1) is 0 Å². The Balaban J connectivity index is 1.14. The van der Waals surface area contributed by atoms with E-state index in [1.54, 1.807) is 0 Å². The van der Waals surface area contributed by atoms with E-state index in [4.69, 9.17) is 9.47 Å². The Hall–Kier alpha value is -2.82. The van der Waals surface area contributed by atoms with Crippen LogP contribution in [0, 0.1) is 5.92 Å². The minimum absolute atomic E-state index is 0.318. The van der Waals surface area contributed by atoms with Gasteiger partial charge in [0.25, 0.3) is 0 Å². The number of para-hydroxylation sites is 1. The maximum atomic E-state index is 6.41. The van der Waals surface area contributed by atoms with Gasteiger partial charge in [0.15, 0.2) is 0 Å². The minimum atomic E-state index is 0.318. The number of piperidine rings is 1. The molecule has 0 amide bonds. The lowest BCUT2D eigenvalue weighted by molar-refractivity contribution is 0.0655. The predicted molar refractivity (Wildman–Crippen MR) is 133 cm³/mol. The summed E-state index contributed by atoms with van der Waals surface area (Å²) in [5.41, 5.74) is 2.55. The molecule has 2 bridgehead atoms. The number of hydrogen-bond acceptors (Lipinski definition) is 4. The smallest absolute Gasteiger partial charge is 0.127 e. The van der Waals surface area contributed by atoms with Gasteiger partial charge in [0.1, 0.15) is 23.4 Å². The number of nitrogens with zero attached hydrogens (tertiary/aromatic N) is 2. The number of benzene rings is 3. The molecule has 2 aliphatic rings. The second-order valence-corrected chi connectivity index (χ2v) is 9.64. The Morgan fingerprint density at radius 2 is 1.58 bits per heavy atom. The maximum Gasteiger partial charge on any atom is 0.127 e. The molecule has 2 fully saturated rings. The first-order valence-electron chi connectivity index (χ1n) is 12.1. The fourth-order valence-corrected chi connectivity index (χ4v) is 5.28. The summed E-state index contributed by atoms with van der Waals surface area (Å²) in [6.07, 6.45) is 2.83. The van der Waals surface area contributed by atoms with Crippen molar-refractivity contribution in [1.82, 2.24) is 9.80 Å². The van der Waals surface area contributed by atoms with Crippen molar-refractivity contribution < 1.29 is 9.47 Å². The lowest BCUT2D eigenvalue weighted by Crippen LogP contribution is -2.44. The van der Waals surface area contributed by atoms with E-state index in [1.807, 2.05) is 42.5 Å². The van der Waals surface area contributed by atoms with Crippen molar-refractivity contribution in [2.75, 3.05) is 20.1 Å². The second kappa shape index (κ2) is 9.98. The Morgan fingerprint density at radius 3 is 2.36 bits per heavy atom. The summed E-state index contributed by atoms with van der Waals surface area (Å²) >= 11 is 0. The van der Waals surface area contributed by atoms with E-state index in [9.17, 15) is 0 Å². The highest BCUT2D eigenvalue weighted by molar-refractivity contribution is 5.33. The van der Waals surface area contributed by atoms with Crippen LogP contribution >= 0.6 is 0 Å². The third kappa shape index (κ3) is 5.58. The molecule has 0 radical (unpaired) electrons. The summed E-state index contributed by atoms with van der Waals surface area (Å²) in [5.74, 6) is 3.52. The van der Waals surface area contributed by atoms with Gasteiger partial charge < -0.3 is 9.47 Å². The molecule has 33 heavy (non-hydrogen) atoms. The average molecular weight is 443 g/mol. The Labute approximate surface area is 197 Å². The minimum Gasteiger partial charge on any atom is -0.489 e. The molecular weight excluding hydrogens is 408 g/mol. The van der Waals surface area contributed by atoms with Crippen LogP contribution in [0.25, 0.3) is 0 Å². The quantitative estimate of drug-likeness (QED) is 0.429. The average Bonchev–Trinajstić information content (AvgIpc) is 3.02. The van der Waals surface area contributed by atoms with Crippen LogP contribution in [0.4, 0.5) is 0 Å². The van der Waals surface area contributed by atoms with Gasteiger partial charge in [0.2, 0.25) is 0 Å². The van der Waals surface area contributed by atoms with Gasteiger partial charge in [-0.05, 0) is 86.8 Å². The van der Waals surface area contributed by atoms with Crippen molar-refractivity contribution in [3.05, 3.63) is 90.0 Å². The maximum absolute atomic E-state index is 6.41. The van der Waals surface area contributed by atoms with Crippen LogP contribution in [0.15, 0.2) is 78.9 Å². The summed E-state index contributed by atoms with van der Waals surface area (Å²) in [7, 11) is 2.16. The molecule has 4 nitrogen and oxygen atoms in total. The molecule has 2 heterocycles. The molecule has 0 aliphatic carbocycles. The largest absolute Gasteiger partial charge is 0.489 e. The molecule has 2 aliphatic heterocycles. The van der Waals surface area contributed by atoms with Gasteiger partial charge in [-0.1, -0.05) is 42.5 Å².